The first kappa shape index (κ1) is 24.0. The highest BCUT2D eigenvalue weighted by atomic mass is 35.5. The Kier molecular flexibility index (Phi) is 7.38. The number of rotatable bonds is 5. The zero-order valence-corrected chi connectivity index (χ0v) is 20.6. The Hall–Kier alpha value is -3.10. The molecule has 1 aliphatic rings. The van der Waals surface area contributed by atoms with Gasteiger partial charge in [0.1, 0.15) is 6.54 Å². The van der Waals surface area contributed by atoms with Gasteiger partial charge in [0, 0.05) is 48.7 Å². The van der Waals surface area contributed by atoms with Gasteiger partial charge in [-0.1, -0.05) is 29.3 Å². The van der Waals surface area contributed by atoms with Crippen molar-refractivity contribution in [2.75, 3.05) is 36.4 Å². The predicted octanol–water partition coefficient (Wildman–Crippen LogP) is 4.19. The minimum Gasteiger partial charge on any atom is -0.353 e. The maximum Gasteiger partial charge on any atom is 0.255 e. The predicted molar refractivity (Wildman–Crippen MR) is 134 cm³/mol. The normalized spacial score (nSPS) is 14.1. The number of amides is 2. The molecule has 1 fully saturated rings. The molecule has 4 rings (SSSR count). The van der Waals surface area contributed by atoms with E-state index in [0.29, 0.717) is 53.3 Å². The molecular weight excluding hydrogens is 475 g/mol. The summed E-state index contributed by atoms with van der Waals surface area (Å²) >= 11 is 12.2. The van der Waals surface area contributed by atoms with Crippen molar-refractivity contribution in [3.8, 4) is 0 Å². The van der Waals surface area contributed by atoms with E-state index in [1.165, 1.54) is 0 Å². The molecule has 0 saturated carbocycles. The second-order valence-corrected chi connectivity index (χ2v) is 9.17. The van der Waals surface area contributed by atoms with E-state index in [4.69, 9.17) is 23.2 Å². The molecule has 2 amide bonds. The Morgan fingerprint density at radius 2 is 1.85 bits per heavy atom. The quantitative estimate of drug-likeness (QED) is 0.567. The Morgan fingerprint density at radius 1 is 1.03 bits per heavy atom. The third kappa shape index (κ3) is 5.69. The first-order valence-corrected chi connectivity index (χ1v) is 11.8. The van der Waals surface area contributed by atoms with Crippen LogP contribution in [0.3, 0.4) is 0 Å². The number of nitrogens with one attached hydrogen (secondary N) is 1. The van der Waals surface area contributed by atoms with E-state index in [9.17, 15) is 9.59 Å². The molecule has 0 radical (unpaired) electrons. The number of hydrogen-bond acceptors (Lipinski definition) is 5. The number of aryl methyl sites for hydroxylation is 2. The topological polar surface area (TPSA) is 83.4 Å². The van der Waals surface area contributed by atoms with Gasteiger partial charge in [0.2, 0.25) is 5.91 Å². The lowest BCUT2D eigenvalue weighted by atomic mass is 10.2. The summed E-state index contributed by atoms with van der Waals surface area (Å²) in [7, 11) is 0. The molecule has 0 unspecified atom stereocenters. The van der Waals surface area contributed by atoms with Gasteiger partial charge in [0.15, 0.2) is 5.82 Å². The molecule has 2 aromatic heterocycles. The minimum atomic E-state index is -0.302. The van der Waals surface area contributed by atoms with Gasteiger partial charge in [-0.25, -0.2) is 4.98 Å². The number of carbonyl (C=O) groups is 2. The molecule has 34 heavy (non-hydrogen) atoms. The lowest BCUT2D eigenvalue weighted by Gasteiger charge is -2.25. The zero-order chi connectivity index (χ0) is 24.2. The molecular formula is C24H26Cl2N6O2. The lowest BCUT2D eigenvalue weighted by molar-refractivity contribution is -0.131. The molecule has 10 heteroatoms. The van der Waals surface area contributed by atoms with Crippen LogP contribution in [0.1, 0.15) is 28.2 Å². The van der Waals surface area contributed by atoms with Gasteiger partial charge in [0.25, 0.3) is 5.91 Å². The van der Waals surface area contributed by atoms with Crippen molar-refractivity contribution >= 4 is 46.5 Å². The first-order chi connectivity index (χ1) is 16.3. The fourth-order valence-corrected chi connectivity index (χ4v) is 4.39. The van der Waals surface area contributed by atoms with Gasteiger partial charge in [-0.2, -0.15) is 5.10 Å². The zero-order valence-electron chi connectivity index (χ0n) is 19.1. The Balaban J connectivity index is 1.46. The lowest BCUT2D eigenvalue weighted by Crippen LogP contribution is -2.37. The van der Waals surface area contributed by atoms with Crippen molar-refractivity contribution in [2.24, 2.45) is 0 Å². The molecule has 3 aromatic rings. The molecule has 1 N–H and O–H groups in total. The van der Waals surface area contributed by atoms with Gasteiger partial charge in [0.05, 0.1) is 16.4 Å². The van der Waals surface area contributed by atoms with Crippen molar-refractivity contribution in [1.29, 1.82) is 0 Å². The minimum absolute atomic E-state index is 0.0339. The van der Waals surface area contributed by atoms with E-state index < -0.39 is 0 Å². The molecule has 1 aliphatic heterocycles. The molecule has 0 aliphatic carbocycles. The summed E-state index contributed by atoms with van der Waals surface area (Å²) < 4.78 is 1.74. The molecule has 1 aromatic carbocycles. The monoisotopic (exact) mass is 500 g/mol. The average molecular weight is 501 g/mol. The van der Waals surface area contributed by atoms with E-state index in [1.54, 1.807) is 41.2 Å². The number of pyridine rings is 1. The third-order valence-electron chi connectivity index (χ3n) is 5.70. The smallest absolute Gasteiger partial charge is 0.255 e. The number of aromatic nitrogens is 3. The van der Waals surface area contributed by atoms with Crippen LogP contribution in [0.25, 0.3) is 0 Å². The van der Waals surface area contributed by atoms with E-state index >= 15 is 0 Å². The number of hydrogen-bond donors (Lipinski definition) is 1. The second kappa shape index (κ2) is 10.4. The van der Waals surface area contributed by atoms with E-state index in [2.05, 4.69) is 20.3 Å². The summed E-state index contributed by atoms with van der Waals surface area (Å²) in [6.07, 6.45) is 2.33. The summed E-state index contributed by atoms with van der Waals surface area (Å²) in [4.78, 5) is 34.1. The third-order valence-corrected chi connectivity index (χ3v) is 6.15. The fourth-order valence-electron chi connectivity index (χ4n) is 4.04. The number of benzene rings is 1. The van der Waals surface area contributed by atoms with E-state index in [0.717, 1.165) is 17.8 Å². The summed E-state index contributed by atoms with van der Waals surface area (Å²) in [5, 5.41) is 8.21. The van der Waals surface area contributed by atoms with E-state index in [-0.39, 0.29) is 18.4 Å². The highest BCUT2D eigenvalue weighted by molar-refractivity contribution is 6.31. The Labute approximate surface area is 208 Å². The van der Waals surface area contributed by atoms with Gasteiger partial charge in [-0.15, -0.1) is 0 Å². The van der Waals surface area contributed by atoms with Crippen LogP contribution in [0.5, 0.6) is 0 Å². The Bertz CT molecular complexity index is 1210. The van der Waals surface area contributed by atoms with Gasteiger partial charge in [-0.05, 0) is 50.6 Å². The van der Waals surface area contributed by atoms with Crippen LogP contribution in [0.4, 0.5) is 11.5 Å². The molecule has 1 saturated heterocycles. The van der Waals surface area contributed by atoms with Crippen molar-refractivity contribution in [1.82, 2.24) is 19.7 Å². The van der Waals surface area contributed by atoms with Crippen LogP contribution >= 0.6 is 23.2 Å². The van der Waals surface area contributed by atoms with Crippen molar-refractivity contribution in [3.63, 3.8) is 0 Å². The Morgan fingerprint density at radius 3 is 2.59 bits per heavy atom. The number of halogens is 2. The van der Waals surface area contributed by atoms with E-state index in [1.807, 2.05) is 24.8 Å². The van der Waals surface area contributed by atoms with Crippen LogP contribution < -0.4 is 10.2 Å². The number of anilines is 2. The first-order valence-electron chi connectivity index (χ1n) is 11.1. The summed E-state index contributed by atoms with van der Waals surface area (Å²) in [6, 6.07) is 10.4. The van der Waals surface area contributed by atoms with Gasteiger partial charge < -0.3 is 15.1 Å². The standard InChI is InChI=1S/C24H26Cl2N6O2/c1-16-11-17(2)32(29-16)15-22(33)30-7-4-8-31(10-9-30)23-21(13-20(26)14-27-23)28-24(34)18-5-3-6-19(25)12-18/h3,5-6,11-14H,4,7-10,15H2,1-2H3,(H,28,34). The highest BCUT2D eigenvalue weighted by Gasteiger charge is 2.23. The summed E-state index contributed by atoms with van der Waals surface area (Å²) in [5.41, 5.74) is 2.82. The molecule has 178 valence electrons. The maximum atomic E-state index is 12.9. The molecule has 0 spiro atoms. The average Bonchev–Trinajstić information content (AvgIpc) is 2.97. The van der Waals surface area contributed by atoms with Crippen LogP contribution in [0.2, 0.25) is 10.0 Å². The SMILES string of the molecule is Cc1cc(C)n(CC(=O)N2CCCN(c3ncc(Cl)cc3NC(=O)c3cccc(Cl)c3)CC2)n1. The van der Waals surface area contributed by atoms with Gasteiger partial charge in [-0.3, -0.25) is 14.3 Å². The number of carbonyl (C=O) groups excluding carboxylic acids is 2. The largest absolute Gasteiger partial charge is 0.353 e. The molecule has 0 bridgehead atoms. The van der Waals surface area contributed by atoms with Crippen LogP contribution in [0, 0.1) is 13.8 Å². The van der Waals surface area contributed by atoms with Crippen molar-refractivity contribution in [2.45, 2.75) is 26.8 Å². The van der Waals surface area contributed by atoms with Crippen LogP contribution in [-0.4, -0.2) is 57.7 Å². The van der Waals surface area contributed by atoms with Crippen molar-refractivity contribution in [3.05, 3.63) is 69.6 Å². The molecule has 8 nitrogen and oxygen atoms in total. The summed E-state index contributed by atoms with van der Waals surface area (Å²) in [5.74, 6) is 0.351. The maximum absolute atomic E-state index is 12.9. The number of nitrogens with zero attached hydrogens (tertiary/aromatic N) is 5. The van der Waals surface area contributed by atoms with Gasteiger partial charge >= 0.3 is 0 Å². The fraction of sp³-hybridized carbons (Fsp3) is 0.333. The molecule has 3 heterocycles. The molecule has 0 atom stereocenters. The van der Waals surface area contributed by atoms with Crippen molar-refractivity contribution < 1.29 is 9.59 Å². The summed E-state index contributed by atoms with van der Waals surface area (Å²) in [6.45, 7) is 6.55. The van der Waals surface area contributed by atoms with Crippen LogP contribution in [0.15, 0.2) is 42.6 Å². The van der Waals surface area contributed by atoms with Crippen LogP contribution in [-0.2, 0) is 11.3 Å². The highest BCUT2D eigenvalue weighted by Crippen LogP contribution is 2.28. The second-order valence-electron chi connectivity index (χ2n) is 8.30.